The summed E-state index contributed by atoms with van der Waals surface area (Å²) in [6.45, 7) is 6.08. The predicted octanol–water partition coefficient (Wildman–Crippen LogP) is 3.88. The fourth-order valence-corrected chi connectivity index (χ4v) is 4.98. The number of aliphatic hydroxyl groups is 1. The summed E-state index contributed by atoms with van der Waals surface area (Å²) in [5, 5.41) is 14.7. The molecule has 0 atom stereocenters. The van der Waals surface area contributed by atoms with Crippen molar-refractivity contribution in [1.29, 1.82) is 0 Å². The molecule has 2 aromatic heterocycles. The average Bonchev–Trinajstić information content (AvgIpc) is 3.23. The third kappa shape index (κ3) is 4.58. The summed E-state index contributed by atoms with van der Waals surface area (Å²) in [6.07, 6.45) is 9.64. The van der Waals surface area contributed by atoms with Gasteiger partial charge in [-0.25, -0.2) is 9.97 Å². The number of likely N-dealkylation sites (N-methyl/N-ethyl adjacent to an activating group) is 1. The minimum Gasteiger partial charge on any atom is -0.433 e. The van der Waals surface area contributed by atoms with Crippen LogP contribution in [0.3, 0.4) is 0 Å². The zero-order chi connectivity index (χ0) is 23.2. The number of nitrogens with zero attached hydrogens (tertiary/aromatic N) is 5. The molecular formula is C25H32N6O2. The summed E-state index contributed by atoms with van der Waals surface area (Å²) < 4.78 is 7.92. The standard InChI is InChI=1S/C25H32N6O2/c1-16-10-17(11-18-14-30(3)9-6-21(16)18)22-13-27-23(26)24(29-22)33-20-12-28-31(15-20)19-4-7-25(2,32)8-5-19/h10-13,15,19,32H,4-9,14H2,1-3H3,(H2,26,27). The lowest BCUT2D eigenvalue weighted by molar-refractivity contribution is 0.00850. The van der Waals surface area contributed by atoms with Gasteiger partial charge in [0.2, 0.25) is 0 Å². The van der Waals surface area contributed by atoms with Crippen molar-refractivity contribution in [2.45, 2.75) is 64.1 Å². The van der Waals surface area contributed by atoms with E-state index in [1.165, 1.54) is 16.7 Å². The lowest BCUT2D eigenvalue weighted by Crippen LogP contribution is -2.31. The molecule has 8 heteroatoms. The molecule has 33 heavy (non-hydrogen) atoms. The van der Waals surface area contributed by atoms with E-state index in [9.17, 15) is 5.11 Å². The molecule has 3 heterocycles. The Morgan fingerprint density at radius 2 is 2.00 bits per heavy atom. The van der Waals surface area contributed by atoms with Crippen molar-refractivity contribution in [1.82, 2.24) is 24.6 Å². The number of aryl methyl sites for hydroxylation is 1. The van der Waals surface area contributed by atoms with Gasteiger partial charge in [0.05, 0.1) is 35.9 Å². The third-order valence-corrected chi connectivity index (χ3v) is 7.01. The van der Waals surface area contributed by atoms with Crippen LogP contribution in [0.1, 0.15) is 55.3 Å². The highest BCUT2D eigenvalue weighted by molar-refractivity contribution is 5.64. The smallest absolute Gasteiger partial charge is 0.263 e. The Balaban J connectivity index is 1.37. The molecule has 1 fully saturated rings. The molecular weight excluding hydrogens is 416 g/mol. The van der Waals surface area contributed by atoms with E-state index in [1.807, 2.05) is 17.8 Å². The zero-order valence-electron chi connectivity index (χ0n) is 19.6. The number of anilines is 1. The molecule has 0 saturated heterocycles. The predicted molar refractivity (Wildman–Crippen MR) is 127 cm³/mol. The summed E-state index contributed by atoms with van der Waals surface area (Å²) in [5.41, 5.74) is 11.3. The first-order valence-corrected chi connectivity index (χ1v) is 11.7. The fraction of sp³-hybridized carbons (Fsp3) is 0.480. The van der Waals surface area contributed by atoms with Gasteiger partial charge >= 0.3 is 0 Å². The van der Waals surface area contributed by atoms with Gasteiger partial charge < -0.3 is 20.5 Å². The molecule has 8 nitrogen and oxygen atoms in total. The number of benzene rings is 1. The first kappa shape index (κ1) is 21.9. The van der Waals surface area contributed by atoms with Crippen molar-refractivity contribution in [3.63, 3.8) is 0 Å². The van der Waals surface area contributed by atoms with Gasteiger partial charge in [0.25, 0.3) is 5.88 Å². The van der Waals surface area contributed by atoms with Crippen molar-refractivity contribution in [3.8, 4) is 22.9 Å². The molecule has 5 rings (SSSR count). The molecule has 1 aromatic carbocycles. The average molecular weight is 449 g/mol. The van der Waals surface area contributed by atoms with Crippen LogP contribution in [0, 0.1) is 6.92 Å². The number of nitrogens with two attached hydrogens (primary N) is 1. The van der Waals surface area contributed by atoms with Gasteiger partial charge in [0, 0.05) is 18.7 Å². The Bertz CT molecular complexity index is 1160. The van der Waals surface area contributed by atoms with Crippen molar-refractivity contribution >= 4 is 5.82 Å². The SMILES string of the molecule is Cc1cc(-c2cnc(N)c(Oc3cnn(C4CCC(C)(O)CC4)c3)n2)cc2c1CCN(C)C2. The van der Waals surface area contributed by atoms with Crippen LogP contribution in [0.5, 0.6) is 11.6 Å². The second-order valence-corrected chi connectivity index (χ2v) is 9.85. The number of hydrogen-bond donors (Lipinski definition) is 2. The van der Waals surface area contributed by atoms with Gasteiger partial charge in [-0.3, -0.25) is 4.68 Å². The minimum atomic E-state index is -0.572. The second kappa shape index (κ2) is 8.43. The number of nitrogen functional groups attached to an aromatic ring is 1. The normalized spacial score (nSPS) is 23.3. The van der Waals surface area contributed by atoms with Gasteiger partial charge in [-0.2, -0.15) is 5.10 Å². The number of hydrogen-bond acceptors (Lipinski definition) is 7. The molecule has 3 aromatic rings. The summed E-state index contributed by atoms with van der Waals surface area (Å²) in [6, 6.07) is 4.64. The van der Waals surface area contributed by atoms with Crippen LogP contribution >= 0.6 is 0 Å². The minimum absolute atomic E-state index is 0.245. The Morgan fingerprint density at radius 1 is 1.21 bits per heavy atom. The monoisotopic (exact) mass is 448 g/mol. The Morgan fingerprint density at radius 3 is 2.79 bits per heavy atom. The molecule has 0 spiro atoms. The summed E-state index contributed by atoms with van der Waals surface area (Å²) in [4.78, 5) is 11.4. The van der Waals surface area contributed by atoms with Crippen LogP contribution < -0.4 is 10.5 Å². The molecule has 0 amide bonds. The van der Waals surface area contributed by atoms with Gasteiger partial charge in [-0.05, 0) is 81.8 Å². The maximum Gasteiger partial charge on any atom is 0.263 e. The van der Waals surface area contributed by atoms with Crippen molar-refractivity contribution in [3.05, 3.63) is 47.4 Å². The fourth-order valence-electron chi connectivity index (χ4n) is 4.98. The van der Waals surface area contributed by atoms with E-state index in [4.69, 9.17) is 15.5 Å². The summed E-state index contributed by atoms with van der Waals surface area (Å²) in [7, 11) is 2.15. The van der Waals surface area contributed by atoms with Gasteiger partial charge in [0.1, 0.15) is 0 Å². The molecule has 0 radical (unpaired) electrons. The largest absolute Gasteiger partial charge is 0.433 e. The van der Waals surface area contributed by atoms with Crippen LogP contribution in [0.25, 0.3) is 11.3 Å². The Hall–Kier alpha value is -2.97. The second-order valence-electron chi connectivity index (χ2n) is 9.85. The van der Waals surface area contributed by atoms with E-state index in [0.717, 1.165) is 56.5 Å². The Kier molecular flexibility index (Phi) is 5.58. The van der Waals surface area contributed by atoms with E-state index in [2.05, 4.69) is 41.1 Å². The Labute approximate surface area is 194 Å². The van der Waals surface area contributed by atoms with Crippen LogP contribution in [-0.2, 0) is 13.0 Å². The topological polar surface area (TPSA) is 102 Å². The molecule has 0 bridgehead atoms. The van der Waals surface area contributed by atoms with Crippen molar-refractivity contribution in [2.24, 2.45) is 0 Å². The highest BCUT2D eigenvalue weighted by Gasteiger charge is 2.30. The zero-order valence-corrected chi connectivity index (χ0v) is 19.6. The molecule has 1 saturated carbocycles. The molecule has 2 aliphatic rings. The van der Waals surface area contributed by atoms with Gasteiger partial charge in [-0.15, -0.1) is 0 Å². The quantitative estimate of drug-likeness (QED) is 0.624. The van der Waals surface area contributed by atoms with Crippen LogP contribution in [0.15, 0.2) is 30.7 Å². The number of rotatable bonds is 4. The lowest BCUT2D eigenvalue weighted by Gasteiger charge is -2.32. The van der Waals surface area contributed by atoms with E-state index in [0.29, 0.717) is 5.75 Å². The molecule has 3 N–H and O–H groups in total. The van der Waals surface area contributed by atoms with Crippen LogP contribution in [-0.4, -0.2) is 48.9 Å². The van der Waals surface area contributed by atoms with Crippen molar-refractivity contribution < 1.29 is 9.84 Å². The number of fused-ring (bicyclic) bond motifs is 1. The first-order chi connectivity index (χ1) is 15.8. The van der Waals surface area contributed by atoms with Gasteiger partial charge in [-0.1, -0.05) is 0 Å². The molecule has 0 unspecified atom stereocenters. The lowest BCUT2D eigenvalue weighted by atomic mass is 9.84. The molecule has 1 aliphatic heterocycles. The highest BCUT2D eigenvalue weighted by Crippen LogP contribution is 2.36. The maximum atomic E-state index is 10.2. The summed E-state index contributed by atoms with van der Waals surface area (Å²) in [5.74, 6) is 1.11. The highest BCUT2D eigenvalue weighted by atomic mass is 16.5. The van der Waals surface area contributed by atoms with Crippen LogP contribution in [0.2, 0.25) is 0 Å². The van der Waals surface area contributed by atoms with E-state index in [-0.39, 0.29) is 17.7 Å². The summed E-state index contributed by atoms with van der Waals surface area (Å²) >= 11 is 0. The van der Waals surface area contributed by atoms with Gasteiger partial charge in [0.15, 0.2) is 11.6 Å². The number of aromatic nitrogens is 4. The molecule has 1 aliphatic carbocycles. The van der Waals surface area contributed by atoms with E-state index in [1.54, 1.807) is 12.4 Å². The molecule has 174 valence electrons. The first-order valence-electron chi connectivity index (χ1n) is 11.7. The van der Waals surface area contributed by atoms with E-state index >= 15 is 0 Å². The van der Waals surface area contributed by atoms with E-state index < -0.39 is 5.60 Å². The van der Waals surface area contributed by atoms with Crippen molar-refractivity contribution in [2.75, 3.05) is 19.3 Å². The van der Waals surface area contributed by atoms with Crippen LogP contribution in [0.4, 0.5) is 5.82 Å². The third-order valence-electron chi connectivity index (χ3n) is 7.01. The maximum absolute atomic E-state index is 10.2. The number of ether oxygens (including phenoxy) is 1.